The third-order valence-electron chi connectivity index (χ3n) is 4.04. The summed E-state index contributed by atoms with van der Waals surface area (Å²) in [6.07, 6.45) is 1.16. The lowest BCUT2D eigenvalue weighted by atomic mass is 10.2. The van der Waals surface area contributed by atoms with Crippen molar-refractivity contribution in [2.45, 2.75) is 46.2 Å². The maximum absolute atomic E-state index is 12.0. The predicted octanol–water partition coefficient (Wildman–Crippen LogP) is 2.36. The van der Waals surface area contributed by atoms with Crippen molar-refractivity contribution in [1.82, 2.24) is 10.2 Å². The van der Waals surface area contributed by atoms with E-state index in [4.69, 9.17) is 9.47 Å². The first-order valence-electron chi connectivity index (χ1n) is 8.17. The normalized spacial score (nSPS) is 11.5. The van der Waals surface area contributed by atoms with Crippen LogP contribution < -0.4 is 14.8 Å². The Balaban J connectivity index is 2.53. The molecule has 1 N–H and O–H groups in total. The Morgan fingerprint density at radius 2 is 1.88 bits per heavy atom. The molecule has 134 valence electrons. The van der Waals surface area contributed by atoms with Gasteiger partial charge in [-0.2, -0.15) is 0 Å². The summed E-state index contributed by atoms with van der Waals surface area (Å²) in [5, 5.41) is 2.87. The highest BCUT2D eigenvalue weighted by molar-refractivity contribution is 5.78. The molecule has 1 rings (SSSR count). The van der Waals surface area contributed by atoms with Gasteiger partial charge in [0.15, 0.2) is 11.5 Å². The summed E-state index contributed by atoms with van der Waals surface area (Å²) in [5.41, 5.74) is 0.923. The number of hydrogen-bond acceptors (Lipinski definition) is 4. The largest absolute Gasteiger partial charge is 0.493 e. The van der Waals surface area contributed by atoms with E-state index in [1.165, 1.54) is 6.92 Å². The molecule has 0 saturated heterocycles. The molecule has 1 unspecified atom stereocenters. The van der Waals surface area contributed by atoms with Crippen LogP contribution in [0.15, 0.2) is 18.2 Å². The highest BCUT2D eigenvalue weighted by Gasteiger charge is 2.16. The molecule has 0 aromatic heterocycles. The van der Waals surface area contributed by atoms with Gasteiger partial charge in [-0.15, -0.1) is 0 Å². The molecular formula is C18H28N2O4. The Morgan fingerprint density at radius 3 is 2.42 bits per heavy atom. The fourth-order valence-electron chi connectivity index (χ4n) is 2.41. The molecule has 0 aliphatic heterocycles. The van der Waals surface area contributed by atoms with Crippen LogP contribution in [-0.2, 0) is 16.1 Å². The summed E-state index contributed by atoms with van der Waals surface area (Å²) in [7, 11) is 3.16. The fraction of sp³-hybridized carbons (Fsp3) is 0.556. The third-order valence-corrected chi connectivity index (χ3v) is 4.04. The molecule has 1 aromatic rings. The molecule has 0 heterocycles. The lowest BCUT2D eigenvalue weighted by molar-refractivity contribution is -0.131. The maximum Gasteiger partial charge on any atom is 0.222 e. The molecule has 1 atom stereocenters. The number of ether oxygens (including phenoxy) is 2. The molecule has 0 aliphatic rings. The monoisotopic (exact) mass is 336 g/mol. The quantitative estimate of drug-likeness (QED) is 0.752. The Hall–Kier alpha value is -2.24. The molecule has 0 aliphatic carbocycles. The number of nitrogens with one attached hydrogen (secondary N) is 1. The standard InChI is InChI=1S/C18H28N2O4/c1-6-13(2)20(14(3)21)10-9-18(22)19-12-15-7-8-16(23-4)17(11-15)24-5/h7-8,11,13H,6,9-10,12H2,1-5H3,(H,19,22). The first-order valence-corrected chi connectivity index (χ1v) is 8.17. The van der Waals surface area contributed by atoms with Crippen LogP contribution in [0.1, 0.15) is 39.2 Å². The van der Waals surface area contributed by atoms with Gasteiger partial charge in [-0.1, -0.05) is 13.0 Å². The van der Waals surface area contributed by atoms with Crippen molar-refractivity contribution in [1.29, 1.82) is 0 Å². The number of methoxy groups -OCH3 is 2. The first-order chi connectivity index (χ1) is 11.4. The molecule has 0 spiro atoms. The third kappa shape index (κ3) is 5.76. The van der Waals surface area contributed by atoms with E-state index < -0.39 is 0 Å². The van der Waals surface area contributed by atoms with Crippen LogP contribution in [0, 0.1) is 0 Å². The fourth-order valence-corrected chi connectivity index (χ4v) is 2.41. The van der Waals surface area contributed by atoms with Crippen molar-refractivity contribution in [2.24, 2.45) is 0 Å². The van der Waals surface area contributed by atoms with Gasteiger partial charge in [0, 0.05) is 32.5 Å². The minimum absolute atomic E-state index is 0.00274. The van der Waals surface area contributed by atoms with E-state index >= 15 is 0 Å². The van der Waals surface area contributed by atoms with Gasteiger partial charge in [-0.05, 0) is 31.0 Å². The van der Waals surface area contributed by atoms with Gasteiger partial charge in [0.25, 0.3) is 0 Å². The second kappa shape index (κ2) is 9.80. The Morgan fingerprint density at radius 1 is 1.21 bits per heavy atom. The summed E-state index contributed by atoms with van der Waals surface area (Å²) in [6, 6.07) is 5.66. The van der Waals surface area contributed by atoms with Crippen LogP contribution >= 0.6 is 0 Å². The summed E-state index contributed by atoms with van der Waals surface area (Å²) < 4.78 is 10.4. The number of hydrogen-bond donors (Lipinski definition) is 1. The van der Waals surface area contributed by atoms with Crippen molar-refractivity contribution in [3.05, 3.63) is 23.8 Å². The summed E-state index contributed by atoms with van der Waals surface area (Å²) in [5.74, 6) is 1.19. The van der Waals surface area contributed by atoms with Gasteiger partial charge in [0.1, 0.15) is 0 Å². The molecule has 2 amide bonds. The molecule has 0 bridgehead atoms. The van der Waals surface area contributed by atoms with E-state index in [9.17, 15) is 9.59 Å². The maximum atomic E-state index is 12.0. The topological polar surface area (TPSA) is 67.9 Å². The van der Waals surface area contributed by atoms with E-state index in [1.54, 1.807) is 25.2 Å². The minimum atomic E-state index is -0.0839. The average molecular weight is 336 g/mol. The SMILES string of the molecule is CCC(C)N(CCC(=O)NCc1ccc(OC)c(OC)c1)C(C)=O. The lowest BCUT2D eigenvalue weighted by Gasteiger charge is -2.27. The number of nitrogens with zero attached hydrogens (tertiary/aromatic N) is 1. The van der Waals surface area contributed by atoms with Crippen LogP contribution in [0.5, 0.6) is 11.5 Å². The van der Waals surface area contributed by atoms with E-state index in [0.29, 0.717) is 24.6 Å². The number of carbonyl (C=O) groups excluding carboxylic acids is 2. The molecule has 6 nitrogen and oxygen atoms in total. The highest BCUT2D eigenvalue weighted by atomic mass is 16.5. The average Bonchev–Trinajstić information content (AvgIpc) is 2.59. The van der Waals surface area contributed by atoms with Crippen LogP contribution in [0.25, 0.3) is 0 Å². The molecule has 0 saturated carbocycles. The number of amides is 2. The van der Waals surface area contributed by atoms with E-state index in [0.717, 1.165) is 12.0 Å². The van der Waals surface area contributed by atoms with Crippen molar-refractivity contribution in [3.8, 4) is 11.5 Å². The summed E-state index contributed by atoms with van der Waals surface area (Å²) >= 11 is 0. The number of benzene rings is 1. The highest BCUT2D eigenvalue weighted by Crippen LogP contribution is 2.27. The summed E-state index contributed by atoms with van der Waals surface area (Å²) in [6.45, 7) is 6.39. The first kappa shape index (κ1) is 19.8. The lowest BCUT2D eigenvalue weighted by Crippen LogP contribution is -2.39. The van der Waals surface area contributed by atoms with Crippen molar-refractivity contribution in [2.75, 3.05) is 20.8 Å². The number of carbonyl (C=O) groups is 2. The zero-order valence-electron chi connectivity index (χ0n) is 15.2. The van der Waals surface area contributed by atoms with Crippen molar-refractivity contribution < 1.29 is 19.1 Å². The molecule has 0 radical (unpaired) electrons. The second-order valence-corrected chi connectivity index (χ2v) is 5.69. The second-order valence-electron chi connectivity index (χ2n) is 5.69. The Labute approximate surface area is 144 Å². The molecular weight excluding hydrogens is 308 g/mol. The van der Waals surface area contributed by atoms with Crippen molar-refractivity contribution >= 4 is 11.8 Å². The van der Waals surface area contributed by atoms with Crippen LogP contribution in [-0.4, -0.2) is 43.5 Å². The molecule has 24 heavy (non-hydrogen) atoms. The molecule has 1 aromatic carbocycles. The smallest absolute Gasteiger partial charge is 0.222 e. The minimum Gasteiger partial charge on any atom is -0.493 e. The zero-order chi connectivity index (χ0) is 18.1. The van der Waals surface area contributed by atoms with Crippen LogP contribution in [0.4, 0.5) is 0 Å². The van der Waals surface area contributed by atoms with E-state index in [2.05, 4.69) is 5.32 Å². The van der Waals surface area contributed by atoms with Crippen LogP contribution in [0.2, 0.25) is 0 Å². The Kier molecular flexibility index (Phi) is 8.09. The predicted molar refractivity (Wildman–Crippen MR) is 93.1 cm³/mol. The van der Waals surface area contributed by atoms with E-state index in [-0.39, 0.29) is 24.3 Å². The van der Waals surface area contributed by atoms with Gasteiger partial charge in [-0.25, -0.2) is 0 Å². The van der Waals surface area contributed by atoms with E-state index in [1.807, 2.05) is 26.0 Å². The van der Waals surface area contributed by atoms with Gasteiger partial charge in [-0.3, -0.25) is 9.59 Å². The Bertz CT molecular complexity index is 560. The van der Waals surface area contributed by atoms with Gasteiger partial charge < -0.3 is 19.7 Å². The van der Waals surface area contributed by atoms with Gasteiger partial charge >= 0.3 is 0 Å². The van der Waals surface area contributed by atoms with Crippen molar-refractivity contribution in [3.63, 3.8) is 0 Å². The van der Waals surface area contributed by atoms with Gasteiger partial charge in [0.05, 0.1) is 14.2 Å². The van der Waals surface area contributed by atoms with Crippen LogP contribution in [0.3, 0.4) is 0 Å². The molecule has 0 fully saturated rings. The molecule has 6 heteroatoms. The number of rotatable bonds is 9. The zero-order valence-corrected chi connectivity index (χ0v) is 15.2. The summed E-state index contributed by atoms with van der Waals surface area (Å²) in [4.78, 5) is 25.4. The van der Waals surface area contributed by atoms with Gasteiger partial charge in [0.2, 0.25) is 11.8 Å².